The number of carbonyl (C=O) groups is 1. The van der Waals surface area contributed by atoms with Crippen molar-refractivity contribution < 1.29 is 4.79 Å². The molecule has 1 saturated heterocycles. The van der Waals surface area contributed by atoms with Crippen molar-refractivity contribution in [2.45, 2.75) is 18.6 Å². The van der Waals surface area contributed by atoms with Crippen LogP contribution in [-0.2, 0) is 0 Å². The fraction of sp³-hybridized carbons (Fsp3) is 0.889. The van der Waals surface area contributed by atoms with Gasteiger partial charge >= 0.3 is 6.03 Å². The van der Waals surface area contributed by atoms with E-state index in [2.05, 4.69) is 10.6 Å². The highest BCUT2D eigenvalue weighted by Crippen LogP contribution is 2.23. The van der Waals surface area contributed by atoms with Crippen molar-refractivity contribution in [3.8, 4) is 0 Å². The summed E-state index contributed by atoms with van der Waals surface area (Å²) in [6, 6.07) is -0.0250. The van der Waals surface area contributed by atoms with Crippen LogP contribution in [0, 0.1) is 0 Å². The van der Waals surface area contributed by atoms with E-state index in [9.17, 15) is 4.79 Å². The molecule has 3 nitrogen and oxygen atoms in total. The Morgan fingerprint density at radius 1 is 1.43 bits per heavy atom. The minimum absolute atomic E-state index is 0.0250. The third kappa shape index (κ3) is 5.00. The predicted molar refractivity (Wildman–Crippen MR) is 65.3 cm³/mol. The van der Waals surface area contributed by atoms with Crippen molar-refractivity contribution in [3.63, 3.8) is 0 Å². The number of hydrogen-bond donors (Lipinski definition) is 2. The molecule has 2 N–H and O–H groups in total. The SMILES string of the molecule is CCCNC(=O)NCC1CSCCS1. The lowest BCUT2D eigenvalue weighted by molar-refractivity contribution is 0.241. The Morgan fingerprint density at radius 3 is 2.93 bits per heavy atom. The summed E-state index contributed by atoms with van der Waals surface area (Å²) in [6.45, 7) is 3.61. The average Bonchev–Trinajstić information content (AvgIpc) is 2.25. The molecular weight excluding hydrogens is 216 g/mol. The molecule has 0 spiro atoms. The largest absolute Gasteiger partial charge is 0.338 e. The first-order valence-electron chi connectivity index (χ1n) is 5.04. The van der Waals surface area contributed by atoms with Gasteiger partial charge in [0, 0.05) is 35.6 Å². The van der Waals surface area contributed by atoms with Gasteiger partial charge in [-0.2, -0.15) is 23.5 Å². The van der Waals surface area contributed by atoms with Crippen LogP contribution >= 0.6 is 23.5 Å². The molecule has 1 unspecified atom stereocenters. The van der Waals surface area contributed by atoms with Gasteiger partial charge in [-0.15, -0.1) is 0 Å². The monoisotopic (exact) mass is 234 g/mol. The molecular formula is C9H18N2OS2. The van der Waals surface area contributed by atoms with Crippen molar-refractivity contribution >= 4 is 29.6 Å². The van der Waals surface area contributed by atoms with Gasteiger partial charge in [-0.25, -0.2) is 4.79 Å². The first-order chi connectivity index (χ1) is 6.83. The Hall–Kier alpha value is -0.0300. The van der Waals surface area contributed by atoms with E-state index < -0.39 is 0 Å². The first kappa shape index (κ1) is 12.0. The van der Waals surface area contributed by atoms with Crippen molar-refractivity contribution in [2.24, 2.45) is 0 Å². The quantitative estimate of drug-likeness (QED) is 0.775. The second-order valence-corrected chi connectivity index (χ2v) is 5.76. The molecule has 0 aromatic carbocycles. The Labute approximate surface area is 94.2 Å². The Morgan fingerprint density at radius 2 is 2.29 bits per heavy atom. The Balaban J connectivity index is 2.03. The van der Waals surface area contributed by atoms with Crippen LogP contribution in [0.25, 0.3) is 0 Å². The average molecular weight is 234 g/mol. The summed E-state index contributed by atoms with van der Waals surface area (Å²) in [4.78, 5) is 11.2. The van der Waals surface area contributed by atoms with Gasteiger partial charge < -0.3 is 10.6 Å². The third-order valence-corrected chi connectivity index (χ3v) is 4.76. The molecule has 0 aromatic rings. The van der Waals surface area contributed by atoms with Crippen molar-refractivity contribution in [3.05, 3.63) is 0 Å². The molecule has 0 saturated carbocycles. The van der Waals surface area contributed by atoms with E-state index in [1.807, 2.05) is 30.4 Å². The number of carbonyl (C=O) groups excluding carboxylic acids is 1. The maximum absolute atomic E-state index is 11.2. The van der Waals surface area contributed by atoms with Crippen LogP contribution in [0.3, 0.4) is 0 Å². The summed E-state index contributed by atoms with van der Waals surface area (Å²) < 4.78 is 0. The van der Waals surface area contributed by atoms with Gasteiger partial charge in [0.15, 0.2) is 0 Å². The molecule has 0 bridgehead atoms. The lowest BCUT2D eigenvalue weighted by Crippen LogP contribution is -2.40. The number of urea groups is 1. The Bertz CT molecular complexity index is 172. The number of nitrogens with one attached hydrogen (secondary N) is 2. The maximum Gasteiger partial charge on any atom is 0.314 e. The minimum atomic E-state index is -0.0250. The molecule has 1 rings (SSSR count). The van der Waals surface area contributed by atoms with Gasteiger partial charge in [0.1, 0.15) is 0 Å². The summed E-state index contributed by atoms with van der Waals surface area (Å²) in [6.07, 6.45) is 0.988. The molecule has 1 atom stereocenters. The summed E-state index contributed by atoms with van der Waals surface area (Å²) >= 11 is 3.95. The summed E-state index contributed by atoms with van der Waals surface area (Å²) in [5.41, 5.74) is 0. The zero-order valence-corrected chi connectivity index (χ0v) is 10.2. The topological polar surface area (TPSA) is 41.1 Å². The van der Waals surface area contributed by atoms with Crippen LogP contribution in [0.5, 0.6) is 0 Å². The molecule has 82 valence electrons. The van der Waals surface area contributed by atoms with Gasteiger partial charge in [-0.05, 0) is 6.42 Å². The number of thioether (sulfide) groups is 2. The lowest BCUT2D eigenvalue weighted by Gasteiger charge is -2.21. The minimum Gasteiger partial charge on any atom is -0.338 e. The predicted octanol–water partition coefficient (Wildman–Crippen LogP) is 1.54. The number of hydrogen-bond acceptors (Lipinski definition) is 3. The van der Waals surface area contributed by atoms with Gasteiger partial charge in [-0.3, -0.25) is 0 Å². The van der Waals surface area contributed by atoms with Gasteiger partial charge in [0.25, 0.3) is 0 Å². The van der Waals surface area contributed by atoms with E-state index in [1.165, 1.54) is 17.3 Å². The third-order valence-electron chi connectivity index (χ3n) is 1.91. The number of amides is 2. The van der Waals surface area contributed by atoms with Gasteiger partial charge in [-0.1, -0.05) is 6.92 Å². The molecule has 14 heavy (non-hydrogen) atoms. The molecule has 1 fully saturated rings. The van der Waals surface area contributed by atoms with E-state index in [0.29, 0.717) is 5.25 Å². The highest BCUT2D eigenvalue weighted by Gasteiger charge is 2.14. The molecule has 0 radical (unpaired) electrons. The molecule has 1 heterocycles. The van der Waals surface area contributed by atoms with Crippen LogP contribution < -0.4 is 10.6 Å². The fourth-order valence-corrected chi connectivity index (χ4v) is 3.77. The summed E-state index contributed by atoms with van der Waals surface area (Å²) in [7, 11) is 0. The van der Waals surface area contributed by atoms with Crippen molar-refractivity contribution in [1.29, 1.82) is 0 Å². The van der Waals surface area contributed by atoms with Crippen LogP contribution in [0.1, 0.15) is 13.3 Å². The van der Waals surface area contributed by atoms with Crippen LogP contribution in [-0.4, -0.2) is 41.6 Å². The molecule has 1 aliphatic heterocycles. The molecule has 5 heteroatoms. The maximum atomic E-state index is 11.2. The highest BCUT2D eigenvalue weighted by atomic mass is 32.2. The van der Waals surface area contributed by atoms with E-state index in [1.54, 1.807) is 0 Å². The second kappa shape index (κ2) is 7.29. The van der Waals surface area contributed by atoms with E-state index >= 15 is 0 Å². The molecule has 1 aliphatic rings. The zero-order chi connectivity index (χ0) is 10.2. The second-order valence-electron chi connectivity index (χ2n) is 3.20. The van der Waals surface area contributed by atoms with Crippen LogP contribution in [0.15, 0.2) is 0 Å². The highest BCUT2D eigenvalue weighted by molar-refractivity contribution is 8.06. The smallest absolute Gasteiger partial charge is 0.314 e. The van der Waals surface area contributed by atoms with Gasteiger partial charge in [0.2, 0.25) is 0 Å². The molecule has 0 aliphatic carbocycles. The normalized spacial score (nSPS) is 21.6. The first-order valence-corrected chi connectivity index (χ1v) is 7.24. The molecule has 0 aromatic heterocycles. The van der Waals surface area contributed by atoms with Crippen LogP contribution in [0.2, 0.25) is 0 Å². The Kier molecular flexibility index (Phi) is 6.27. The van der Waals surface area contributed by atoms with Crippen LogP contribution in [0.4, 0.5) is 4.79 Å². The number of rotatable bonds is 4. The van der Waals surface area contributed by atoms with E-state index in [-0.39, 0.29) is 6.03 Å². The summed E-state index contributed by atoms with van der Waals surface area (Å²) in [5, 5.41) is 6.31. The lowest BCUT2D eigenvalue weighted by atomic mass is 10.4. The fourth-order valence-electron chi connectivity index (χ4n) is 1.16. The van der Waals surface area contributed by atoms with Gasteiger partial charge in [0.05, 0.1) is 0 Å². The molecule has 2 amide bonds. The van der Waals surface area contributed by atoms with Crippen molar-refractivity contribution in [2.75, 3.05) is 30.3 Å². The zero-order valence-electron chi connectivity index (χ0n) is 8.54. The standard InChI is InChI=1S/C9H18N2OS2/c1-2-3-10-9(12)11-6-8-7-13-4-5-14-8/h8H,2-7H2,1H3,(H2,10,11,12). The summed E-state index contributed by atoms with van der Waals surface area (Å²) in [5.74, 6) is 3.63. The van der Waals surface area contributed by atoms with E-state index in [0.717, 1.165) is 19.5 Å². The van der Waals surface area contributed by atoms with Crippen molar-refractivity contribution in [1.82, 2.24) is 10.6 Å². The van der Waals surface area contributed by atoms with E-state index in [4.69, 9.17) is 0 Å².